The van der Waals surface area contributed by atoms with Crippen molar-refractivity contribution in [2.45, 2.75) is 44.2 Å². The van der Waals surface area contributed by atoms with Gasteiger partial charge < -0.3 is 19.6 Å². The molecule has 10 heteroatoms. The Morgan fingerprint density at radius 2 is 2.07 bits per heavy atom. The number of hydrogen-bond acceptors (Lipinski definition) is 7. The third kappa shape index (κ3) is 2.91. The molecule has 2 N–H and O–H groups in total. The van der Waals surface area contributed by atoms with Crippen molar-refractivity contribution in [1.29, 1.82) is 0 Å². The minimum absolute atomic E-state index is 0.207. The van der Waals surface area contributed by atoms with E-state index in [0.717, 1.165) is 44.8 Å². The van der Waals surface area contributed by atoms with Gasteiger partial charge in [0.05, 0.1) is 24.8 Å². The van der Waals surface area contributed by atoms with E-state index in [1.807, 2.05) is 9.80 Å². The quantitative estimate of drug-likeness (QED) is 0.762. The van der Waals surface area contributed by atoms with Crippen molar-refractivity contribution in [3.8, 4) is 0 Å². The molecule has 0 radical (unpaired) electrons. The summed E-state index contributed by atoms with van der Waals surface area (Å²) in [6.07, 6.45) is 4.06. The number of aromatic nitrogens is 2. The number of ether oxygens (including phenoxy) is 1. The van der Waals surface area contributed by atoms with Crippen molar-refractivity contribution in [1.82, 2.24) is 14.9 Å². The van der Waals surface area contributed by atoms with Crippen LogP contribution in [0.5, 0.6) is 0 Å². The first kappa shape index (κ1) is 19.5. The number of anilines is 2. The van der Waals surface area contributed by atoms with E-state index >= 15 is 0 Å². The van der Waals surface area contributed by atoms with Gasteiger partial charge in [0, 0.05) is 25.7 Å². The number of nitrogens with one attached hydrogen (secondary N) is 1. The molecule has 1 aromatic rings. The molecule has 5 rings (SSSR count). The number of halogens is 1. The summed E-state index contributed by atoms with van der Waals surface area (Å²) in [5.74, 6) is 0.254. The monoisotopic (exact) mass is 419 g/mol. The molecule has 2 saturated carbocycles. The van der Waals surface area contributed by atoms with Gasteiger partial charge in [0.2, 0.25) is 11.9 Å². The van der Waals surface area contributed by atoms with Gasteiger partial charge in [-0.2, -0.15) is 4.98 Å². The van der Waals surface area contributed by atoms with E-state index in [-0.39, 0.29) is 23.9 Å². The molecular formula is C20H26FN5O4. The molecule has 2 saturated heterocycles. The minimum Gasteiger partial charge on any atom is -0.453 e. The van der Waals surface area contributed by atoms with E-state index in [0.29, 0.717) is 30.9 Å². The fourth-order valence-electron chi connectivity index (χ4n) is 5.83. The first-order valence-corrected chi connectivity index (χ1v) is 10.6. The summed E-state index contributed by atoms with van der Waals surface area (Å²) in [7, 11) is 1.19. The Bertz CT molecular complexity index is 877. The fourth-order valence-corrected chi connectivity index (χ4v) is 5.83. The largest absolute Gasteiger partial charge is 0.453 e. The summed E-state index contributed by atoms with van der Waals surface area (Å²) < 4.78 is 18.5. The lowest BCUT2D eigenvalue weighted by atomic mass is 9.90. The van der Waals surface area contributed by atoms with Crippen LogP contribution in [-0.4, -0.2) is 70.9 Å². The molecule has 3 heterocycles. The van der Waals surface area contributed by atoms with Gasteiger partial charge in [-0.15, -0.1) is 0 Å². The van der Waals surface area contributed by atoms with Crippen LogP contribution in [-0.2, 0) is 9.53 Å². The molecule has 2 amide bonds. The summed E-state index contributed by atoms with van der Waals surface area (Å²) in [6.45, 7) is 1.99. The van der Waals surface area contributed by atoms with E-state index in [1.165, 1.54) is 7.11 Å². The third-order valence-corrected chi connectivity index (χ3v) is 7.44. The predicted molar refractivity (Wildman–Crippen MR) is 104 cm³/mol. The second-order valence-electron chi connectivity index (χ2n) is 8.87. The average Bonchev–Trinajstić information content (AvgIpc) is 3.32. The maximum Gasteiger partial charge on any atom is 0.412 e. The summed E-state index contributed by atoms with van der Waals surface area (Å²) >= 11 is 0. The van der Waals surface area contributed by atoms with Crippen LogP contribution in [0.1, 0.15) is 32.1 Å². The number of hydrogen-bond donors (Lipinski definition) is 2. The first-order chi connectivity index (χ1) is 14.4. The minimum atomic E-state index is -0.808. The number of carbonyl (C=O) groups excluding carboxylic acids is 2. The molecule has 2 unspecified atom stereocenters. The van der Waals surface area contributed by atoms with Crippen molar-refractivity contribution >= 4 is 23.8 Å². The van der Waals surface area contributed by atoms with Crippen LogP contribution in [0.3, 0.4) is 0 Å². The highest BCUT2D eigenvalue weighted by molar-refractivity contribution is 5.91. The Kier molecular flexibility index (Phi) is 4.57. The second-order valence-corrected chi connectivity index (χ2v) is 8.87. The zero-order valence-electron chi connectivity index (χ0n) is 16.9. The number of aliphatic hydroxyl groups is 1. The van der Waals surface area contributed by atoms with Crippen molar-refractivity contribution in [2.75, 3.05) is 37.0 Å². The molecule has 0 aromatic carbocycles. The van der Waals surface area contributed by atoms with Gasteiger partial charge in [0.1, 0.15) is 0 Å². The second kappa shape index (κ2) is 7.04. The Balaban J connectivity index is 1.32. The van der Waals surface area contributed by atoms with Gasteiger partial charge in [-0.1, -0.05) is 0 Å². The van der Waals surface area contributed by atoms with Crippen LogP contribution in [0.4, 0.5) is 21.0 Å². The Morgan fingerprint density at radius 1 is 1.30 bits per heavy atom. The lowest BCUT2D eigenvalue weighted by Crippen LogP contribution is -2.48. The van der Waals surface area contributed by atoms with Crippen LogP contribution in [0.25, 0.3) is 0 Å². The summed E-state index contributed by atoms with van der Waals surface area (Å²) in [6, 6.07) is 0.219. The van der Waals surface area contributed by atoms with Gasteiger partial charge in [0.25, 0.3) is 0 Å². The SMILES string of the molecule is COC(=O)Nc1nc(N2CCC3C4CN(C5CCC(O)CC5)C(=O)[C@]34C2)ncc1F. The lowest BCUT2D eigenvalue weighted by Gasteiger charge is -2.38. The summed E-state index contributed by atoms with van der Waals surface area (Å²) in [5.41, 5.74) is -0.401. The molecule has 1 aromatic heterocycles. The van der Waals surface area contributed by atoms with Gasteiger partial charge >= 0.3 is 6.09 Å². The highest BCUT2D eigenvalue weighted by Gasteiger charge is 2.76. The van der Waals surface area contributed by atoms with Crippen molar-refractivity contribution in [2.24, 2.45) is 17.3 Å². The molecule has 1 spiro atoms. The van der Waals surface area contributed by atoms with E-state index in [2.05, 4.69) is 20.0 Å². The molecular weight excluding hydrogens is 393 g/mol. The fraction of sp³-hybridized carbons (Fsp3) is 0.700. The van der Waals surface area contributed by atoms with E-state index in [4.69, 9.17) is 0 Å². The van der Waals surface area contributed by atoms with Crippen molar-refractivity contribution < 1.29 is 23.8 Å². The maximum atomic E-state index is 14.0. The Labute approximate surface area is 173 Å². The lowest BCUT2D eigenvalue weighted by molar-refractivity contribution is -0.137. The van der Waals surface area contributed by atoms with E-state index in [1.54, 1.807) is 0 Å². The molecule has 2 aliphatic carbocycles. The molecule has 4 aliphatic rings. The van der Waals surface area contributed by atoms with E-state index < -0.39 is 17.3 Å². The van der Waals surface area contributed by atoms with Crippen LogP contribution < -0.4 is 10.2 Å². The average molecular weight is 419 g/mol. The first-order valence-electron chi connectivity index (χ1n) is 10.6. The predicted octanol–water partition coefficient (Wildman–Crippen LogP) is 1.38. The number of rotatable bonds is 3. The number of aliphatic hydroxyl groups excluding tert-OH is 1. The smallest absolute Gasteiger partial charge is 0.412 e. The number of methoxy groups -OCH3 is 1. The highest BCUT2D eigenvalue weighted by atomic mass is 19.1. The van der Waals surface area contributed by atoms with Gasteiger partial charge in [-0.25, -0.2) is 14.2 Å². The normalized spacial score (nSPS) is 35.0. The number of nitrogens with zero attached hydrogens (tertiary/aromatic N) is 4. The van der Waals surface area contributed by atoms with Crippen LogP contribution in [0.15, 0.2) is 6.20 Å². The summed E-state index contributed by atoms with van der Waals surface area (Å²) in [5, 5.41) is 12.0. The molecule has 4 fully saturated rings. The van der Waals surface area contributed by atoms with Crippen molar-refractivity contribution in [3.05, 3.63) is 12.0 Å². The Hall–Kier alpha value is -2.49. The molecule has 3 atom stereocenters. The number of likely N-dealkylation sites (tertiary alicyclic amines) is 1. The number of fused-ring (bicyclic) bond motifs is 1. The third-order valence-electron chi connectivity index (χ3n) is 7.44. The topological polar surface area (TPSA) is 108 Å². The zero-order valence-corrected chi connectivity index (χ0v) is 16.9. The van der Waals surface area contributed by atoms with Crippen LogP contribution in [0.2, 0.25) is 0 Å². The molecule has 9 nitrogen and oxygen atoms in total. The zero-order chi connectivity index (χ0) is 21.0. The molecule has 2 aliphatic heterocycles. The van der Waals surface area contributed by atoms with Gasteiger partial charge in [-0.3, -0.25) is 10.1 Å². The maximum absolute atomic E-state index is 14.0. The van der Waals surface area contributed by atoms with Crippen molar-refractivity contribution in [3.63, 3.8) is 0 Å². The number of carbonyl (C=O) groups is 2. The molecule has 0 bridgehead atoms. The van der Waals surface area contributed by atoms with E-state index in [9.17, 15) is 19.1 Å². The summed E-state index contributed by atoms with van der Waals surface area (Å²) in [4.78, 5) is 37.1. The Morgan fingerprint density at radius 3 is 2.80 bits per heavy atom. The van der Waals surface area contributed by atoms with Gasteiger partial charge in [0.15, 0.2) is 11.6 Å². The number of amides is 2. The highest BCUT2D eigenvalue weighted by Crippen LogP contribution is 2.68. The van der Waals surface area contributed by atoms with Crippen LogP contribution >= 0.6 is 0 Å². The molecule has 162 valence electrons. The van der Waals surface area contributed by atoms with Gasteiger partial charge in [-0.05, 0) is 43.9 Å². The molecule has 30 heavy (non-hydrogen) atoms. The van der Waals surface area contributed by atoms with Crippen LogP contribution in [0, 0.1) is 23.1 Å². The standard InChI is InChI=1S/C20H26FN5O4/c1-30-19(29)24-16-15(21)8-22-18(23-16)25-7-6-13-14-9-26(17(28)20(13,14)10-25)11-2-4-12(27)5-3-11/h8,11-14,27H,2-7,9-10H2,1H3,(H,22,23,24,29)/t11?,12?,13?,14?,20-/m1/s1. The number of piperidine rings is 2.